The van der Waals surface area contributed by atoms with Gasteiger partial charge in [0.05, 0.1) is 24.1 Å². The lowest BCUT2D eigenvalue weighted by atomic mass is 10.0. The molecule has 5 rings (SSSR count). The Hall–Kier alpha value is -3.81. The summed E-state index contributed by atoms with van der Waals surface area (Å²) >= 11 is 12.7. The molecule has 234 valence electrons. The van der Waals surface area contributed by atoms with Gasteiger partial charge in [-0.05, 0) is 42.5 Å². The molecule has 1 aliphatic carbocycles. The highest BCUT2D eigenvalue weighted by Gasteiger charge is 2.27. The van der Waals surface area contributed by atoms with Gasteiger partial charge in [-0.25, -0.2) is 8.42 Å². The predicted octanol–water partition coefficient (Wildman–Crippen LogP) is 5.76. The Morgan fingerprint density at radius 1 is 1.14 bits per heavy atom. The second kappa shape index (κ2) is 13.0. The van der Waals surface area contributed by atoms with Gasteiger partial charge in [-0.1, -0.05) is 47.5 Å². The lowest BCUT2D eigenvalue weighted by Crippen LogP contribution is -2.29. The largest absolute Gasteiger partial charge is 0.489 e. The van der Waals surface area contributed by atoms with E-state index >= 15 is 0 Å². The monoisotopic (exact) mass is 670 g/mol. The van der Waals surface area contributed by atoms with Crippen molar-refractivity contribution in [1.29, 1.82) is 0 Å². The Kier molecular flexibility index (Phi) is 9.37. The number of alkyl halides is 2. The topological polar surface area (TPSA) is 120 Å². The molecule has 1 fully saturated rings. The molecule has 0 amide bonds. The van der Waals surface area contributed by atoms with Crippen molar-refractivity contribution >= 4 is 55.8 Å². The highest BCUT2D eigenvalue weighted by Crippen LogP contribution is 2.38. The van der Waals surface area contributed by atoms with E-state index < -0.39 is 28.7 Å². The lowest BCUT2D eigenvalue weighted by Gasteiger charge is -2.21. The smallest absolute Gasteiger partial charge is 0.387 e. The first-order valence-corrected chi connectivity index (χ1v) is 16.1. The Labute approximate surface area is 261 Å². The molecule has 1 saturated carbocycles. The van der Waals surface area contributed by atoms with Gasteiger partial charge in [0.15, 0.2) is 11.5 Å². The predicted molar refractivity (Wildman–Crippen MR) is 158 cm³/mol. The fraction of sp³-hybridized carbons (Fsp3) is 0.310. The minimum Gasteiger partial charge on any atom is -0.489 e. The Balaban J connectivity index is 1.47. The van der Waals surface area contributed by atoms with Gasteiger partial charge in [0.1, 0.15) is 22.7 Å². The maximum absolute atomic E-state index is 13.4. The summed E-state index contributed by atoms with van der Waals surface area (Å²) in [6.07, 6.45) is 5.80. The molecule has 0 saturated heterocycles. The number of halogens is 4. The number of para-hydroxylation sites is 1. The van der Waals surface area contributed by atoms with Gasteiger partial charge in [0.25, 0.3) is 0 Å². The molecule has 4 aromatic rings. The van der Waals surface area contributed by atoms with E-state index in [1.807, 2.05) is 0 Å². The zero-order valence-corrected chi connectivity index (χ0v) is 25.6. The quantitative estimate of drug-likeness (QED) is 0.105. The highest BCUT2D eigenvalue weighted by molar-refractivity contribution is 7.92. The van der Waals surface area contributed by atoms with Crippen LogP contribution in [0.3, 0.4) is 0 Å². The van der Waals surface area contributed by atoms with Crippen LogP contribution in [0.4, 0.5) is 14.5 Å². The second-order valence-electron chi connectivity index (χ2n) is 10.4. The minimum atomic E-state index is -3.60. The molecule has 2 aromatic heterocycles. The van der Waals surface area contributed by atoms with Crippen molar-refractivity contribution in [1.82, 2.24) is 4.57 Å². The molecule has 1 atom stereocenters. The molecule has 0 bridgehead atoms. The first kappa shape index (κ1) is 31.6. The Bertz CT molecular complexity index is 1780. The van der Waals surface area contributed by atoms with Crippen LogP contribution in [0.15, 0.2) is 61.1 Å². The summed E-state index contributed by atoms with van der Waals surface area (Å²) in [6, 6.07) is 11.2. The van der Waals surface area contributed by atoms with Crippen LogP contribution in [0.5, 0.6) is 11.5 Å². The van der Waals surface area contributed by atoms with Crippen molar-refractivity contribution in [3.63, 3.8) is 0 Å². The van der Waals surface area contributed by atoms with Gasteiger partial charge in [0, 0.05) is 28.3 Å². The average Bonchev–Trinajstić information content (AvgIpc) is 3.71. The number of anilines is 1. The van der Waals surface area contributed by atoms with Crippen molar-refractivity contribution in [2.75, 3.05) is 17.6 Å². The van der Waals surface area contributed by atoms with E-state index in [1.165, 1.54) is 36.8 Å². The zero-order chi connectivity index (χ0) is 31.6. The summed E-state index contributed by atoms with van der Waals surface area (Å²) in [7, 11) is -3.60. The van der Waals surface area contributed by atoms with E-state index in [9.17, 15) is 27.2 Å². The van der Waals surface area contributed by atoms with E-state index in [2.05, 4.69) is 9.46 Å². The average molecular weight is 672 g/mol. The molecule has 2 N–H and O–H groups in total. The molecule has 15 heteroatoms. The Morgan fingerprint density at radius 2 is 1.84 bits per heavy atom. The maximum atomic E-state index is 13.4. The standard InChI is InChI=1S/C29H28Cl2F2N3O7S/c1-44(39,40)34-23-14-35(24-5-3-2-4-19(23)24)15-28(37)42-26(11-20-21(30)12-36(38)13-22(20)31)18-8-9-25(43-29(32)33)27(10-18)41-16-17-6-7-17/h2-5,8-10,12-14,17,26,29,34,38H,6-7,11,15-16H2,1H3/q+1/t26-/m0/s1. The first-order chi connectivity index (χ1) is 20.9. The van der Waals surface area contributed by atoms with Crippen LogP contribution in [-0.4, -0.2) is 43.6 Å². The number of sulfonamides is 1. The summed E-state index contributed by atoms with van der Waals surface area (Å²) in [6.45, 7) is -3.07. The normalized spacial score (nSPS) is 14.0. The molecule has 2 heterocycles. The van der Waals surface area contributed by atoms with Crippen molar-refractivity contribution in [2.45, 2.75) is 38.5 Å². The molecule has 44 heavy (non-hydrogen) atoms. The third-order valence-electron chi connectivity index (χ3n) is 6.84. The summed E-state index contributed by atoms with van der Waals surface area (Å²) in [5.74, 6) is -0.494. The van der Waals surface area contributed by atoms with Crippen molar-refractivity contribution in [3.8, 4) is 11.5 Å². The van der Waals surface area contributed by atoms with Crippen LogP contribution in [-0.2, 0) is 32.5 Å². The SMILES string of the molecule is CS(=O)(=O)Nc1cn(CC(=O)O[C@@H](Cc2c(Cl)c[n+](O)cc2Cl)c2ccc(OC(F)F)c(OCC3CC3)c2)c2ccccc12. The molecule has 0 unspecified atom stereocenters. The highest BCUT2D eigenvalue weighted by atomic mass is 35.5. The van der Waals surface area contributed by atoms with Gasteiger partial charge in [0.2, 0.25) is 22.4 Å². The maximum Gasteiger partial charge on any atom is 0.387 e. The van der Waals surface area contributed by atoms with E-state index in [0.29, 0.717) is 45.0 Å². The third kappa shape index (κ3) is 8.01. The van der Waals surface area contributed by atoms with Crippen molar-refractivity contribution < 1.29 is 46.1 Å². The second-order valence-corrected chi connectivity index (χ2v) is 13.0. The van der Waals surface area contributed by atoms with Crippen molar-refractivity contribution in [3.05, 3.63) is 82.2 Å². The van der Waals surface area contributed by atoms with E-state index in [4.69, 9.17) is 32.7 Å². The van der Waals surface area contributed by atoms with Gasteiger partial charge >= 0.3 is 12.6 Å². The number of benzene rings is 2. The number of nitrogens with zero attached hydrogens (tertiary/aromatic N) is 2. The molecule has 10 nitrogen and oxygen atoms in total. The molecular formula is C29H28Cl2F2N3O7S+. The summed E-state index contributed by atoms with van der Waals surface area (Å²) in [5.41, 5.74) is 1.61. The molecule has 0 spiro atoms. The molecule has 0 radical (unpaired) electrons. The third-order valence-corrected chi connectivity index (χ3v) is 8.08. The summed E-state index contributed by atoms with van der Waals surface area (Å²) < 4.78 is 71.1. The van der Waals surface area contributed by atoms with Crippen LogP contribution >= 0.6 is 23.2 Å². The Morgan fingerprint density at radius 3 is 2.50 bits per heavy atom. The summed E-state index contributed by atoms with van der Waals surface area (Å²) in [4.78, 5) is 13.4. The fourth-order valence-electron chi connectivity index (χ4n) is 4.66. The van der Waals surface area contributed by atoms with E-state index in [-0.39, 0.29) is 34.5 Å². The van der Waals surface area contributed by atoms with Gasteiger partial charge in [-0.15, -0.1) is 0 Å². The molecular weight excluding hydrogens is 643 g/mol. The van der Waals surface area contributed by atoms with Crippen LogP contribution in [0, 0.1) is 5.92 Å². The van der Waals surface area contributed by atoms with Gasteiger partial charge in [-0.2, -0.15) is 8.78 Å². The number of pyridine rings is 1. The van der Waals surface area contributed by atoms with Crippen LogP contribution in [0.1, 0.15) is 30.1 Å². The fourth-order valence-corrected chi connectivity index (χ4v) is 5.83. The number of ether oxygens (including phenoxy) is 3. The molecule has 1 aliphatic rings. The molecule has 0 aliphatic heterocycles. The van der Waals surface area contributed by atoms with Crippen LogP contribution < -0.4 is 18.9 Å². The number of hydrogen-bond donors (Lipinski definition) is 2. The summed E-state index contributed by atoms with van der Waals surface area (Å²) in [5, 5.41) is 10.6. The lowest BCUT2D eigenvalue weighted by molar-refractivity contribution is -0.904. The number of esters is 1. The minimum absolute atomic E-state index is 0.0470. The number of aromatic nitrogens is 2. The number of hydrogen-bond acceptors (Lipinski definition) is 7. The number of carbonyl (C=O) groups is 1. The first-order valence-electron chi connectivity index (χ1n) is 13.4. The number of fused-ring (bicyclic) bond motifs is 1. The molecule has 2 aromatic carbocycles. The van der Waals surface area contributed by atoms with Crippen LogP contribution in [0.25, 0.3) is 10.9 Å². The van der Waals surface area contributed by atoms with E-state index in [1.54, 1.807) is 28.8 Å². The van der Waals surface area contributed by atoms with E-state index in [0.717, 1.165) is 19.1 Å². The number of nitrogens with one attached hydrogen (secondary N) is 1. The van der Waals surface area contributed by atoms with Crippen LogP contribution in [0.2, 0.25) is 10.0 Å². The zero-order valence-electron chi connectivity index (χ0n) is 23.3. The number of rotatable bonds is 13. The number of carbonyl (C=O) groups excluding carboxylic acids is 1. The van der Waals surface area contributed by atoms with Gasteiger partial charge in [-0.3, -0.25) is 14.7 Å². The van der Waals surface area contributed by atoms with Gasteiger partial charge < -0.3 is 18.8 Å². The van der Waals surface area contributed by atoms with Crippen molar-refractivity contribution in [2.24, 2.45) is 5.92 Å².